The number of hydrogen-bond donors (Lipinski definition) is 0. The Bertz CT molecular complexity index is 822. The summed E-state index contributed by atoms with van der Waals surface area (Å²) in [7, 11) is 0. The average molecular weight is 348 g/mol. The molecule has 1 aromatic carbocycles. The number of aromatic nitrogens is 2. The Morgan fingerprint density at radius 3 is 2.62 bits per heavy atom. The third kappa shape index (κ3) is 3.67. The van der Waals surface area contributed by atoms with Gasteiger partial charge in [0.15, 0.2) is 0 Å². The molecule has 0 N–H and O–H groups in total. The lowest BCUT2D eigenvalue weighted by atomic mass is 10.1. The number of nitrogens with zero attached hydrogens (tertiary/aromatic N) is 4. The lowest BCUT2D eigenvalue weighted by molar-refractivity contribution is 0.0783. The van der Waals surface area contributed by atoms with Gasteiger partial charge in [0, 0.05) is 36.6 Å². The molecule has 0 spiro atoms. The summed E-state index contributed by atoms with van der Waals surface area (Å²) in [6.07, 6.45) is 3.33. The lowest BCUT2D eigenvalue weighted by Gasteiger charge is -2.17. The van der Waals surface area contributed by atoms with Gasteiger partial charge in [0.25, 0.3) is 5.91 Å². The van der Waals surface area contributed by atoms with Crippen LogP contribution in [0.15, 0.2) is 36.4 Å². The number of amides is 1. The van der Waals surface area contributed by atoms with Crippen molar-refractivity contribution < 1.29 is 9.53 Å². The van der Waals surface area contributed by atoms with Gasteiger partial charge in [-0.25, -0.2) is 0 Å². The van der Waals surface area contributed by atoms with Crippen molar-refractivity contribution in [3.8, 4) is 11.9 Å². The molecule has 1 atom stereocenters. The Labute approximate surface area is 152 Å². The first-order chi connectivity index (χ1) is 12.7. The fourth-order valence-electron chi connectivity index (χ4n) is 3.23. The van der Waals surface area contributed by atoms with E-state index in [0.717, 1.165) is 18.7 Å². The third-order valence-electron chi connectivity index (χ3n) is 4.96. The van der Waals surface area contributed by atoms with Crippen LogP contribution in [0, 0.1) is 17.2 Å². The minimum absolute atomic E-state index is 0.00516. The van der Waals surface area contributed by atoms with Crippen molar-refractivity contribution in [1.29, 1.82) is 5.26 Å². The molecular weight excluding hydrogens is 328 g/mol. The minimum Gasteiger partial charge on any atom is -0.476 e. The highest BCUT2D eigenvalue weighted by atomic mass is 16.5. The standard InChI is InChI=1S/C20H20N4O2/c21-11-14-1-3-17(4-2-14)20(25)24-10-9-15(12-24)13-26-19-8-7-18(22-23-19)16-5-6-16/h1-4,7-8,15-16H,5-6,9-10,12-13H2. The van der Waals surface area contributed by atoms with Gasteiger partial charge >= 0.3 is 0 Å². The number of nitriles is 1. The maximum atomic E-state index is 12.6. The second kappa shape index (κ2) is 7.12. The predicted octanol–water partition coefficient (Wildman–Crippen LogP) is 2.77. The number of carbonyl (C=O) groups is 1. The fourth-order valence-corrected chi connectivity index (χ4v) is 3.23. The number of carbonyl (C=O) groups excluding carboxylic acids is 1. The van der Waals surface area contributed by atoms with Crippen LogP contribution in [0.5, 0.6) is 5.88 Å². The Balaban J connectivity index is 1.28. The van der Waals surface area contributed by atoms with Crippen molar-refractivity contribution in [3.63, 3.8) is 0 Å². The Morgan fingerprint density at radius 1 is 1.15 bits per heavy atom. The molecule has 1 amide bonds. The SMILES string of the molecule is N#Cc1ccc(C(=O)N2CCC(COc3ccc(C4CC4)nn3)C2)cc1. The van der Waals surface area contributed by atoms with E-state index in [0.29, 0.717) is 42.0 Å². The van der Waals surface area contributed by atoms with E-state index in [1.54, 1.807) is 24.3 Å². The predicted molar refractivity (Wildman–Crippen MR) is 94.7 cm³/mol. The van der Waals surface area contributed by atoms with E-state index in [-0.39, 0.29) is 5.91 Å². The van der Waals surface area contributed by atoms with E-state index in [9.17, 15) is 4.79 Å². The molecule has 2 aliphatic rings. The smallest absolute Gasteiger partial charge is 0.253 e. The minimum atomic E-state index is 0.00516. The highest BCUT2D eigenvalue weighted by molar-refractivity contribution is 5.94. The highest BCUT2D eigenvalue weighted by Gasteiger charge is 2.28. The van der Waals surface area contributed by atoms with Gasteiger partial charge in [-0.15, -0.1) is 5.10 Å². The van der Waals surface area contributed by atoms with E-state index in [2.05, 4.69) is 16.3 Å². The molecule has 132 valence electrons. The molecule has 1 saturated heterocycles. The van der Waals surface area contributed by atoms with Crippen molar-refractivity contribution in [3.05, 3.63) is 53.2 Å². The van der Waals surface area contributed by atoms with Crippen LogP contribution in [0.3, 0.4) is 0 Å². The summed E-state index contributed by atoms with van der Waals surface area (Å²) >= 11 is 0. The summed E-state index contributed by atoms with van der Waals surface area (Å²) in [6.45, 7) is 1.93. The van der Waals surface area contributed by atoms with Gasteiger partial charge in [-0.05, 0) is 49.6 Å². The summed E-state index contributed by atoms with van der Waals surface area (Å²) in [5, 5.41) is 17.2. The zero-order chi connectivity index (χ0) is 17.9. The molecule has 0 radical (unpaired) electrons. The third-order valence-corrected chi connectivity index (χ3v) is 4.96. The molecule has 1 aliphatic heterocycles. The van der Waals surface area contributed by atoms with Crippen LogP contribution in [0.2, 0.25) is 0 Å². The molecule has 1 aromatic heterocycles. The van der Waals surface area contributed by atoms with Crippen molar-refractivity contribution in [2.75, 3.05) is 19.7 Å². The average Bonchev–Trinajstić information content (AvgIpc) is 3.44. The topological polar surface area (TPSA) is 79.1 Å². The highest BCUT2D eigenvalue weighted by Crippen LogP contribution is 2.38. The number of benzene rings is 1. The van der Waals surface area contributed by atoms with Crippen LogP contribution in [-0.2, 0) is 0 Å². The first kappa shape index (κ1) is 16.5. The quantitative estimate of drug-likeness (QED) is 0.830. The van der Waals surface area contributed by atoms with Crippen LogP contribution >= 0.6 is 0 Å². The molecule has 0 bridgehead atoms. The maximum Gasteiger partial charge on any atom is 0.253 e. The maximum absolute atomic E-state index is 12.6. The van der Waals surface area contributed by atoms with Gasteiger partial charge in [0.2, 0.25) is 5.88 Å². The molecule has 26 heavy (non-hydrogen) atoms. The van der Waals surface area contributed by atoms with Gasteiger partial charge in [-0.3, -0.25) is 4.79 Å². The number of likely N-dealkylation sites (tertiary alicyclic amines) is 1. The van der Waals surface area contributed by atoms with Crippen LogP contribution in [-0.4, -0.2) is 40.7 Å². The number of rotatable bonds is 5. The first-order valence-electron chi connectivity index (χ1n) is 8.99. The van der Waals surface area contributed by atoms with Crippen LogP contribution in [0.25, 0.3) is 0 Å². The van der Waals surface area contributed by atoms with Crippen LogP contribution in [0.4, 0.5) is 0 Å². The normalized spacial score (nSPS) is 19.2. The molecular formula is C20H20N4O2. The van der Waals surface area contributed by atoms with E-state index < -0.39 is 0 Å². The van der Waals surface area contributed by atoms with Gasteiger partial charge in [0.05, 0.1) is 23.9 Å². The summed E-state index contributed by atoms with van der Waals surface area (Å²) in [6, 6.07) is 12.7. The Morgan fingerprint density at radius 2 is 1.96 bits per heavy atom. The summed E-state index contributed by atoms with van der Waals surface area (Å²) in [5.41, 5.74) is 2.23. The molecule has 4 rings (SSSR count). The molecule has 1 aliphatic carbocycles. The second-order valence-electron chi connectivity index (χ2n) is 6.98. The van der Waals surface area contributed by atoms with Crippen molar-refractivity contribution >= 4 is 5.91 Å². The fraction of sp³-hybridized carbons (Fsp3) is 0.400. The van der Waals surface area contributed by atoms with Crippen molar-refractivity contribution in [1.82, 2.24) is 15.1 Å². The summed E-state index contributed by atoms with van der Waals surface area (Å²) in [5.74, 6) is 1.44. The number of hydrogen-bond acceptors (Lipinski definition) is 5. The molecule has 1 unspecified atom stereocenters. The molecule has 1 saturated carbocycles. The van der Waals surface area contributed by atoms with E-state index >= 15 is 0 Å². The van der Waals surface area contributed by atoms with E-state index in [4.69, 9.17) is 10.00 Å². The van der Waals surface area contributed by atoms with Gasteiger partial charge in [-0.2, -0.15) is 10.4 Å². The first-order valence-corrected chi connectivity index (χ1v) is 8.99. The number of ether oxygens (including phenoxy) is 1. The summed E-state index contributed by atoms with van der Waals surface area (Å²) < 4.78 is 5.76. The molecule has 6 nitrogen and oxygen atoms in total. The molecule has 2 aromatic rings. The summed E-state index contributed by atoms with van der Waals surface area (Å²) in [4.78, 5) is 14.4. The van der Waals surface area contributed by atoms with E-state index in [1.165, 1.54) is 12.8 Å². The largest absolute Gasteiger partial charge is 0.476 e. The van der Waals surface area contributed by atoms with Crippen molar-refractivity contribution in [2.24, 2.45) is 5.92 Å². The zero-order valence-corrected chi connectivity index (χ0v) is 14.5. The lowest BCUT2D eigenvalue weighted by Crippen LogP contribution is -2.29. The van der Waals surface area contributed by atoms with Gasteiger partial charge in [-0.1, -0.05) is 0 Å². The molecule has 2 fully saturated rings. The van der Waals surface area contributed by atoms with Gasteiger partial charge in [0.1, 0.15) is 0 Å². The zero-order valence-electron chi connectivity index (χ0n) is 14.5. The molecule has 6 heteroatoms. The van der Waals surface area contributed by atoms with Crippen LogP contribution in [0.1, 0.15) is 46.8 Å². The van der Waals surface area contributed by atoms with Crippen LogP contribution < -0.4 is 4.74 Å². The second-order valence-corrected chi connectivity index (χ2v) is 6.98. The monoisotopic (exact) mass is 348 g/mol. The Kier molecular flexibility index (Phi) is 4.53. The van der Waals surface area contributed by atoms with Crippen molar-refractivity contribution in [2.45, 2.75) is 25.2 Å². The Hall–Kier alpha value is -2.94. The molecule has 2 heterocycles. The van der Waals surface area contributed by atoms with Gasteiger partial charge < -0.3 is 9.64 Å². The van der Waals surface area contributed by atoms with E-state index in [1.807, 2.05) is 17.0 Å².